The smallest absolute Gasteiger partial charge is 0.264 e. The molecule has 1 N–H and O–H groups in total. The molecule has 48 heavy (non-hydrogen) atoms. The van der Waals surface area contributed by atoms with Crippen LogP contribution in [0, 0.1) is 5.82 Å². The topological polar surface area (TPSA) is 105 Å². The second-order valence-electron chi connectivity index (χ2n) is 11.7. The minimum absolute atomic E-state index is 0.0348. The van der Waals surface area contributed by atoms with Crippen LogP contribution < -0.4 is 19.1 Å². The van der Waals surface area contributed by atoms with Crippen molar-refractivity contribution in [2.75, 3.05) is 25.1 Å². The van der Waals surface area contributed by atoms with Gasteiger partial charge in [0, 0.05) is 30.6 Å². The number of hydrogen-bond donors (Lipinski definition) is 1. The van der Waals surface area contributed by atoms with Crippen molar-refractivity contribution in [3.63, 3.8) is 0 Å². The molecule has 1 aliphatic rings. The van der Waals surface area contributed by atoms with Crippen LogP contribution in [-0.4, -0.2) is 58.0 Å². The van der Waals surface area contributed by atoms with Crippen molar-refractivity contribution in [3.8, 4) is 11.5 Å². The average molecular weight is 674 g/mol. The zero-order chi connectivity index (χ0) is 34.1. The molecular formula is C37H40FN3O6S. The molecule has 0 bridgehead atoms. The van der Waals surface area contributed by atoms with E-state index in [1.54, 1.807) is 48.5 Å². The highest BCUT2D eigenvalue weighted by Crippen LogP contribution is 2.32. The van der Waals surface area contributed by atoms with Gasteiger partial charge in [-0.3, -0.25) is 13.9 Å². The molecule has 1 unspecified atom stereocenters. The number of hydrogen-bond acceptors (Lipinski definition) is 6. The first-order valence-electron chi connectivity index (χ1n) is 15.9. The van der Waals surface area contributed by atoms with Crippen LogP contribution in [0.2, 0.25) is 0 Å². The Bertz CT molecular complexity index is 1800. The Labute approximate surface area is 281 Å². The highest BCUT2D eigenvalue weighted by atomic mass is 32.2. The first-order chi connectivity index (χ1) is 23.2. The number of rotatable bonds is 14. The molecule has 2 amide bonds. The fourth-order valence-corrected chi connectivity index (χ4v) is 7.39. The molecule has 1 atom stereocenters. The van der Waals surface area contributed by atoms with E-state index in [0.717, 1.165) is 35.6 Å². The third kappa shape index (κ3) is 8.14. The maximum absolute atomic E-state index is 15.1. The number of amides is 2. The lowest BCUT2D eigenvalue weighted by Crippen LogP contribution is -2.54. The van der Waals surface area contributed by atoms with E-state index >= 15 is 4.39 Å². The normalized spacial score (nSPS) is 13.8. The predicted molar refractivity (Wildman–Crippen MR) is 182 cm³/mol. The van der Waals surface area contributed by atoms with E-state index in [4.69, 9.17) is 9.47 Å². The van der Waals surface area contributed by atoms with Crippen LogP contribution in [0.25, 0.3) is 0 Å². The van der Waals surface area contributed by atoms with Crippen molar-refractivity contribution < 1.29 is 31.9 Å². The number of methoxy groups -OCH3 is 2. The SMILES string of the molecule is COc1ccc(S(=O)(=O)N(CC(=O)N(Cc2ccccc2F)C(Cc2ccccc2)C(=O)NC2CCCC2)c2ccccc2)cc1OC. The van der Waals surface area contributed by atoms with Gasteiger partial charge < -0.3 is 19.7 Å². The molecule has 1 aliphatic carbocycles. The minimum atomic E-state index is -4.37. The molecule has 1 fully saturated rings. The van der Waals surface area contributed by atoms with Gasteiger partial charge in [-0.2, -0.15) is 0 Å². The molecule has 0 aromatic heterocycles. The molecule has 4 aromatic rings. The Hall–Kier alpha value is -4.90. The van der Waals surface area contributed by atoms with E-state index in [0.29, 0.717) is 5.75 Å². The van der Waals surface area contributed by atoms with Crippen molar-refractivity contribution in [3.05, 3.63) is 120 Å². The van der Waals surface area contributed by atoms with Crippen LogP contribution in [0.15, 0.2) is 108 Å². The summed E-state index contributed by atoms with van der Waals surface area (Å²) in [6.07, 6.45) is 3.79. The van der Waals surface area contributed by atoms with Gasteiger partial charge in [0.15, 0.2) is 11.5 Å². The largest absolute Gasteiger partial charge is 0.493 e. The highest BCUT2D eigenvalue weighted by Gasteiger charge is 2.36. The number of para-hydroxylation sites is 1. The van der Waals surface area contributed by atoms with E-state index in [1.807, 2.05) is 30.3 Å². The maximum Gasteiger partial charge on any atom is 0.264 e. The summed E-state index contributed by atoms with van der Waals surface area (Å²) in [6, 6.07) is 26.7. The number of nitrogens with one attached hydrogen (secondary N) is 1. The maximum atomic E-state index is 15.1. The van der Waals surface area contributed by atoms with Gasteiger partial charge in [-0.05, 0) is 48.7 Å². The Morgan fingerprint density at radius 3 is 2.12 bits per heavy atom. The molecule has 5 rings (SSSR count). The first kappa shape index (κ1) is 34.4. The van der Waals surface area contributed by atoms with Crippen LogP contribution in [0.5, 0.6) is 11.5 Å². The second kappa shape index (κ2) is 15.8. The number of halogens is 1. The summed E-state index contributed by atoms with van der Waals surface area (Å²) in [5.41, 5.74) is 1.24. The van der Waals surface area contributed by atoms with Gasteiger partial charge >= 0.3 is 0 Å². The highest BCUT2D eigenvalue weighted by molar-refractivity contribution is 7.92. The fourth-order valence-electron chi connectivity index (χ4n) is 5.96. The standard InChI is InChI=1S/C37H40FN3O6S/c1-46-34-22-21-31(24-35(34)47-2)48(44,45)41(30-18-7-4-8-19-30)26-36(42)40(25-28-15-9-12-20-32(28)38)33(23-27-13-5-3-6-14-27)37(43)39-29-16-10-11-17-29/h3-9,12-15,18-22,24,29,33H,10-11,16-17,23,25-26H2,1-2H3,(H,39,43). The Balaban J connectivity index is 1.57. The van der Waals surface area contributed by atoms with Gasteiger partial charge in [0.25, 0.3) is 10.0 Å². The van der Waals surface area contributed by atoms with Crippen molar-refractivity contribution in [2.45, 2.75) is 55.6 Å². The molecule has 0 aliphatic heterocycles. The first-order valence-corrected chi connectivity index (χ1v) is 17.3. The average Bonchev–Trinajstić information content (AvgIpc) is 3.62. The quantitative estimate of drug-likeness (QED) is 0.183. The summed E-state index contributed by atoms with van der Waals surface area (Å²) < 4.78 is 55.4. The van der Waals surface area contributed by atoms with Crippen LogP contribution >= 0.6 is 0 Å². The number of benzene rings is 4. The molecule has 0 radical (unpaired) electrons. The van der Waals surface area contributed by atoms with Crippen molar-refractivity contribution in [1.29, 1.82) is 0 Å². The molecule has 0 saturated heterocycles. The Kier molecular flexibility index (Phi) is 11.3. The number of nitrogens with zero attached hydrogens (tertiary/aromatic N) is 2. The number of anilines is 1. The molecule has 9 nitrogen and oxygen atoms in total. The number of ether oxygens (including phenoxy) is 2. The van der Waals surface area contributed by atoms with Crippen molar-refractivity contribution in [1.82, 2.24) is 10.2 Å². The zero-order valence-corrected chi connectivity index (χ0v) is 27.9. The van der Waals surface area contributed by atoms with Crippen LogP contribution in [0.1, 0.15) is 36.8 Å². The van der Waals surface area contributed by atoms with Gasteiger partial charge in [-0.15, -0.1) is 0 Å². The van der Waals surface area contributed by atoms with Crippen molar-refractivity contribution in [2.24, 2.45) is 0 Å². The lowest BCUT2D eigenvalue weighted by atomic mass is 10.0. The van der Waals surface area contributed by atoms with Crippen LogP contribution in [0.4, 0.5) is 10.1 Å². The number of carbonyl (C=O) groups is 2. The molecule has 4 aromatic carbocycles. The van der Waals surface area contributed by atoms with Gasteiger partial charge in [-0.1, -0.05) is 79.6 Å². The summed E-state index contributed by atoms with van der Waals surface area (Å²) in [4.78, 5) is 29.8. The van der Waals surface area contributed by atoms with Crippen molar-refractivity contribution >= 4 is 27.5 Å². The second-order valence-corrected chi connectivity index (χ2v) is 13.5. The fraction of sp³-hybridized carbons (Fsp3) is 0.297. The molecule has 11 heteroatoms. The third-order valence-corrected chi connectivity index (χ3v) is 10.3. The van der Waals surface area contributed by atoms with E-state index < -0.39 is 34.3 Å². The summed E-state index contributed by atoms with van der Waals surface area (Å²) in [6.45, 7) is -0.905. The lowest BCUT2D eigenvalue weighted by Gasteiger charge is -2.34. The number of carbonyl (C=O) groups excluding carboxylic acids is 2. The van der Waals surface area contributed by atoms with Gasteiger partial charge in [0.2, 0.25) is 11.8 Å². The van der Waals surface area contributed by atoms with E-state index in [1.165, 1.54) is 43.4 Å². The molecule has 1 saturated carbocycles. The molecule has 0 heterocycles. The van der Waals surface area contributed by atoms with E-state index in [2.05, 4.69) is 5.32 Å². The Morgan fingerprint density at radius 2 is 1.48 bits per heavy atom. The predicted octanol–water partition coefficient (Wildman–Crippen LogP) is 5.74. The van der Waals surface area contributed by atoms with Crippen LogP contribution in [0.3, 0.4) is 0 Å². The van der Waals surface area contributed by atoms with Gasteiger partial charge in [0.1, 0.15) is 18.4 Å². The lowest BCUT2D eigenvalue weighted by molar-refractivity contribution is -0.140. The molecule has 252 valence electrons. The molecular weight excluding hydrogens is 633 g/mol. The summed E-state index contributed by atoms with van der Waals surface area (Å²) in [7, 11) is -1.53. The molecule has 0 spiro atoms. The minimum Gasteiger partial charge on any atom is -0.493 e. The summed E-state index contributed by atoms with van der Waals surface area (Å²) in [5.74, 6) is -1.04. The number of sulfonamides is 1. The zero-order valence-electron chi connectivity index (χ0n) is 27.0. The summed E-state index contributed by atoms with van der Waals surface area (Å²) >= 11 is 0. The van der Waals surface area contributed by atoms with E-state index in [-0.39, 0.29) is 46.8 Å². The Morgan fingerprint density at radius 1 is 0.854 bits per heavy atom. The summed E-state index contributed by atoms with van der Waals surface area (Å²) in [5, 5.41) is 3.12. The van der Waals surface area contributed by atoms with Gasteiger partial charge in [0.05, 0.1) is 24.8 Å². The monoisotopic (exact) mass is 673 g/mol. The van der Waals surface area contributed by atoms with Crippen LogP contribution in [-0.2, 0) is 32.6 Å². The third-order valence-electron chi connectivity index (χ3n) is 8.54. The van der Waals surface area contributed by atoms with E-state index in [9.17, 15) is 18.0 Å². The van der Waals surface area contributed by atoms with Gasteiger partial charge in [-0.25, -0.2) is 12.8 Å².